The molecule has 0 atom stereocenters. The molecule has 0 aromatic heterocycles. The molecule has 1 saturated carbocycles. The molecule has 0 unspecified atom stereocenters. The van der Waals surface area contributed by atoms with E-state index >= 15 is 0 Å². The standard InChI is InChI=1S/C6H11.O.Zr/c1-2-4-6-5-3-1;;/h1H,2-6H2;;. The first-order valence-corrected chi connectivity index (χ1v) is 5.73. The SMILES string of the molecule is [O]=[Zr][CH]1CCCCC1. The normalized spacial score (nSPS) is 22.5. The topological polar surface area (TPSA) is 17.1 Å². The average Bonchev–Trinajstić information content (AvgIpc) is 1.90. The van der Waals surface area contributed by atoms with Crippen LogP contribution in [0.15, 0.2) is 0 Å². The van der Waals surface area contributed by atoms with Crippen molar-refractivity contribution in [3.05, 3.63) is 0 Å². The van der Waals surface area contributed by atoms with Gasteiger partial charge in [-0.25, -0.2) is 0 Å². The van der Waals surface area contributed by atoms with Crippen molar-refractivity contribution in [1.82, 2.24) is 0 Å². The Bertz CT molecular complexity index is 76.6. The van der Waals surface area contributed by atoms with Gasteiger partial charge in [-0.1, -0.05) is 0 Å². The number of hydrogen-bond donors (Lipinski definition) is 0. The number of hydrogen-bond acceptors (Lipinski definition) is 1. The van der Waals surface area contributed by atoms with E-state index in [1.165, 1.54) is 32.1 Å². The van der Waals surface area contributed by atoms with Crippen molar-refractivity contribution in [1.29, 1.82) is 0 Å². The summed E-state index contributed by atoms with van der Waals surface area (Å²) < 4.78 is 11.2. The summed E-state index contributed by atoms with van der Waals surface area (Å²) in [4.78, 5) is 0. The molecule has 0 heterocycles. The first-order valence-electron chi connectivity index (χ1n) is 3.31. The predicted octanol–water partition coefficient (Wildman–Crippen LogP) is 2.17. The summed E-state index contributed by atoms with van der Waals surface area (Å²) in [5.74, 6) is 0. The summed E-state index contributed by atoms with van der Waals surface area (Å²) >= 11 is -1.12. The molecule has 45 valence electrons. The zero-order valence-corrected chi connectivity index (χ0v) is 7.48. The monoisotopic (exact) mass is 189 g/mol. The molecule has 0 spiro atoms. The van der Waals surface area contributed by atoms with E-state index in [-0.39, 0.29) is 0 Å². The zero-order valence-electron chi connectivity index (χ0n) is 5.02. The molecular weight excluding hydrogens is 179 g/mol. The molecule has 0 saturated heterocycles. The van der Waals surface area contributed by atoms with E-state index in [1.807, 2.05) is 0 Å². The van der Waals surface area contributed by atoms with Gasteiger partial charge in [-0.05, 0) is 0 Å². The predicted molar refractivity (Wildman–Crippen MR) is 27.5 cm³/mol. The van der Waals surface area contributed by atoms with Crippen molar-refractivity contribution < 1.29 is 26.1 Å². The fourth-order valence-electron chi connectivity index (χ4n) is 1.22. The van der Waals surface area contributed by atoms with E-state index < -0.39 is 23.2 Å². The minimum absolute atomic E-state index is 0.701. The van der Waals surface area contributed by atoms with E-state index in [9.17, 15) is 2.81 Å². The maximum atomic E-state index is 10.5. The van der Waals surface area contributed by atoms with E-state index in [0.29, 0.717) is 3.63 Å². The zero-order chi connectivity index (χ0) is 5.82. The first-order chi connectivity index (χ1) is 3.93. The fraction of sp³-hybridized carbons (Fsp3) is 1.00. The van der Waals surface area contributed by atoms with Crippen molar-refractivity contribution in [2.45, 2.75) is 35.7 Å². The van der Waals surface area contributed by atoms with E-state index in [1.54, 1.807) is 0 Å². The molecule has 1 rings (SSSR count). The summed E-state index contributed by atoms with van der Waals surface area (Å²) in [5, 5.41) is 0. The molecule has 8 heavy (non-hydrogen) atoms. The molecule has 0 amide bonds. The van der Waals surface area contributed by atoms with Gasteiger partial charge >= 0.3 is 61.8 Å². The van der Waals surface area contributed by atoms with Gasteiger partial charge in [0.2, 0.25) is 0 Å². The van der Waals surface area contributed by atoms with E-state index in [4.69, 9.17) is 0 Å². The summed E-state index contributed by atoms with van der Waals surface area (Å²) in [6, 6.07) is 0. The summed E-state index contributed by atoms with van der Waals surface area (Å²) in [6.45, 7) is 0. The summed E-state index contributed by atoms with van der Waals surface area (Å²) in [5.41, 5.74) is 0. The van der Waals surface area contributed by atoms with Crippen LogP contribution in [-0.2, 0) is 26.1 Å². The van der Waals surface area contributed by atoms with E-state index in [0.717, 1.165) is 0 Å². The molecule has 1 nitrogen and oxygen atoms in total. The van der Waals surface area contributed by atoms with Crippen LogP contribution in [0.1, 0.15) is 32.1 Å². The van der Waals surface area contributed by atoms with Crippen molar-refractivity contribution in [3.8, 4) is 0 Å². The molecule has 0 N–H and O–H groups in total. The van der Waals surface area contributed by atoms with Gasteiger partial charge < -0.3 is 0 Å². The first kappa shape index (κ1) is 6.80. The van der Waals surface area contributed by atoms with Crippen molar-refractivity contribution in [2.24, 2.45) is 0 Å². The second-order valence-corrected chi connectivity index (χ2v) is 5.04. The quantitative estimate of drug-likeness (QED) is 0.619. The molecule has 1 aliphatic rings. The van der Waals surface area contributed by atoms with Crippen LogP contribution in [0.25, 0.3) is 0 Å². The summed E-state index contributed by atoms with van der Waals surface area (Å²) in [7, 11) is 0. The Morgan fingerprint density at radius 2 is 1.75 bits per heavy atom. The Morgan fingerprint density at radius 1 is 1.12 bits per heavy atom. The maximum absolute atomic E-state index is 10.5. The van der Waals surface area contributed by atoms with Gasteiger partial charge in [0, 0.05) is 0 Å². The Balaban J connectivity index is 2.22. The molecule has 0 aromatic rings. The Hall–Kier alpha value is 0.683. The van der Waals surface area contributed by atoms with Crippen LogP contribution in [0.2, 0.25) is 3.63 Å². The van der Waals surface area contributed by atoms with Crippen molar-refractivity contribution in [3.63, 3.8) is 0 Å². The van der Waals surface area contributed by atoms with Crippen LogP contribution in [0, 0.1) is 0 Å². The third kappa shape index (κ3) is 1.89. The van der Waals surface area contributed by atoms with Crippen LogP contribution in [0.3, 0.4) is 0 Å². The van der Waals surface area contributed by atoms with Crippen LogP contribution in [-0.4, -0.2) is 0 Å². The van der Waals surface area contributed by atoms with E-state index in [2.05, 4.69) is 0 Å². The third-order valence-electron chi connectivity index (χ3n) is 1.77. The fourth-order valence-corrected chi connectivity index (χ4v) is 2.80. The molecule has 1 fully saturated rings. The van der Waals surface area contributed by atoms with Crippen molar-refractivity contribution in [2.75, 3.05) is 0 Å². The Morgan fingerprint density at radius 3 is 2.12 bits per heavy atom. The van der Waals surface area contributed by atoms with Crippen LogP contribution < -0.4 is 0 Å². The van der Waals surface area contributed by atoms with Crippen LogP contribution >= 0.6 is 0 Å². The van der Waals surface area contributed by atoms with Gasteiger partial charge in [0.25, 0.3) is 0 Å². The van der Waals surface area contributed by atoms with Crippen molar-refractivity contribution >= 4 is 0 Å². The molecule has 0 radical (unpaired) electrons. The molecule has 0 aromatic carbocycles. The Labute approximate surface area is 61.9 Å². The van der Waals surface area contributed by atoms with Crippen LogP contribution in [0.4, 0.5) is 0 Å². The third-order valence-corrected chi connectivity index (χ3v) is 4.01. The molecule has 1 aliphatic carbocycles. The molecule has 2 heteroatoms. The number of rotatable bonds is 1. The van der Waals surface area contributed by atoms with Gasteiger partial charge in [0.1, 0.15) is 0 Å². The second kappa shape index (κ2) is 3.66. The summed E-state index contributed by atoms with van der Waals surface area (Å²) in [6.07, 6.45) is 6.61. The molecule has 0 aliphatic heterocycles. The van der Waals surface area contributed by atoms with Gasteiger partial charge in [0.05, 0.1) is 0 Å². The average molecular weight is 190 g/mol. The Kier molecular flexibility index (Phi) is 3.11. The van der Waals surface area contributed by atoms with Gasteiger partial charge in [-0.15, -0.1) is 0 Å². The molecule has 0 bridgehead atoms. The minimum atomic E-state index is -1.12. The molecular formula is C6H11OZr. The van der Waals surface area contributed by atoms with Gasteiger partial charge in [0.15, 0.2) is 0 Å². The van der Waals surface area contributed by atoms with Gasteiger partial charge in [-0.2, -0.15) is 0 Å². The second-order valence-electron chi connectivity index (χ2n) is 2.45. The van der Waals surface area contributed by atoms with Crippen LogP contribution in [0.5, 0.6) is 0 Å². The van der Waals surface area contributed by atoms with Gasteiger partial charge in [-0.3, -0.25) is 0 Å².